The Morgan fingerprint density at radius 2 is 2.06 bits per heavy atom. The zero-order chi connectivity index (χ0) is 13.0. The molecular weight excluding hydrogens is 236 g/mol. The lowest BCUT2D eigenvalue weighted by atomic mass is 10.1. The van der Waals surface area contributed by atoms with Gasteiger partial charge in [0.2, 0.25) is 0 Å². The molecule has 2 aromatic rings. The molecule has 1 aromatic carbocycles. The molecule has 0 unspecified atom stereocenters. The molecule has 18 heavy (non-hydrogen) atoms. The number of hydrogen-bond acceptors (Lipinski definition) is 5. The first-order valence-corrected chi connectivity index (χ1v) is 5.42. The largest absolute Gasteiger partial charge is 0.390 e. The average Bonchev–Trinajstić information content (AvgIpc) is 2.85. The van der Waals surface area contributed by atoms with Crippen molar-refractivity contribution in [3.63, 3.8) is 0 Å². The number of rotatable bonds is 5. The summed E-state index contributed by atoms with van der Waals surface area (Å²) in [6, 6.07) is 6.41. The fourth-order valence-corrected chi connectivity index (χ4v) is 1.55. The van der Waals surface area contributed by atoms with Gasteiger partial charge in [-0.1, -0.05) is 17.3 Å². The molecule has 0 bridgehead atoms. The maximum absolute atomic E-state index is 10.5. The highest BCUT2D eigenvalue weighted by molar-refractivity contribution is 5.32. The standard InChI is InChI=1S/C11H12N4O3/c16-8-10-7-14(13-12-10)6-5-9-1-3-11(4-2-9)15(17)18/h1-4,7,16H,5-6,8H2. The lowest BCUT2D eigenvalue weighted by Crippen LogP contribution is -2.02. The van der Waals surface area contributed by atoms with E-state index < -0.39 is 4.92 Å². The molecule has 0 spiro atoms. The molecule has 0 saturated heterocycles. The summed E-state index contributed by atoms with van der Waals surface area (Å²) < 4.78 is 1.63. The van der Waals surface area contributed by atoms with Gasteiger partial charge in [-0.25, -0.2) is 0 Å². The van der Waals surface area contributed by atoms with Crippen molar-refractivity contribution in [3.8, 4) is 0 Å². The summed E-state index contributed by atoms with van der Waals surface area (Å²) in [5.41, 5.74) is 1.60. The van der Waals surface area contributed by atoms with Crippen LogP contribution in [0.2, 0.25) is 0 Å². The summed E-state index contributed by atoms with van der Waals surface area (Å²) in [5.74, 6) is 0. The Bertz CT molecular complexity index is 535. The number of nitrogens with zero attached hydrogens (tertiary/aromatic N) is 4. The van der Waals surface area contributed by atoms with Gasteiger partial charge in [0.05, 0.1) is 17.7 Å². The molecule has 1 heterocycles. The Morgan fingerprint density at radius 3 is 2.61 bits per heavy atom. The summed E-state index contributed by atoms with van der Waals surface area (Å²) >= 11 is 0. The molecule has 7 heteroatoms. The van der Waals surface area contributed by atoms with Gasteiger partial charge in [-0.3, -0.25) is 14.8 Å². The van der Waals surface area contributed by atoms with E-state index in [2.05, 4.69) is 10.3 Å². The highest BCUT2D eigenvalue weighted by Crippen LogP contribution is 2.12. The van der Waals surface area contributed by atoms with Crippen LogP contribution in [0.4, 0.5) is 5.69 Å². The molecule has 2 rings (SSSR count). The Hall–Kier alpha value is -2.28. The van der Waals surface area contributed by atoms with Gasteiger partial charge in [0, 0.05) is 18.7 Å². The van der Waals surface area contributed by atoms with Crippen molar-refractivity contribution in [1.82, 2.24) is 15.0 Å². The molecular formula is C11H12N4O3. The second-order valence-corrected chi connectivity index (χ2v) is 3.80. The van der Waals surface area contributed by atoms with Crippen LogP contribution < -0.4 is 0 Å². The van der Waals surface area contributed by atoms with Crippen molar-refractivity contribution in [1.29, 1.82) is 0 Å². The summed E-state index contributed by atoms with van der Waals surface area (Å²) in [7, 11) is 0. The van der Waals surface area contributed by atoms with Crippen LogP contribution >= 0.6 is 0 Å². The van der Waals surface area contributed by atoms with Gasteiger partial charge in [0.1, 0.15) is 5.69 Å². The Kier molecular flexibility index (Phi) is 3.63. The van der Waals surface area contributed by atoms with Crippen molar-refractivity contribution in [2.45, 2.75) is 19.6 Å². The van der Waals surface area contributed by atoms with Crippen molar-refractivity contribution in [3.05, 3.63) is 51.8 Å². The monoisotopic (exact) mass is 248 g/mol. The number of aromatic nitrogens is 3. The van der Waals surface area contributed by atoms with Gasteiger partial charge in [-0.2, -0.15) is 0 Å². The molecule has 94 valence electrons. The molecule has 0 aliphatic rings. The van der Waals surface area contributed by atoms with Gasteiger partial charge >= 0.3 is 0 Å². The minimum atomic E-state index is -0.422. The lowest BCUT2D eigenvalue weighted by Gasteiger charge is -2.00. The van der Waals surface area contributed by atoms with Gasteiger partial charge in [0.15, 0.2) is 0 Å². The molecule has 0 atom stereocenters. The van der Waals surface area contributed by atoms with Crippen molar-refractivity contribution < 1.29 is 10.0 Å². The van der Waals surface area contributed by atoms with Crippen LogP contribution in [0.25, 0.3) is 0 Å². The highest BCUT2D eigenvalue weighted by atomic mass is 16.6. The first-order chi connectivity index (χ1) is 8.69. The van der Waals surface area contributed by atoms with Crippen LogP contribution in [0, 0.1) is 10.1 Å². The number of hydrogen-bond donors (Lipinski definition) is 1. The normalized spacial score (nSPS) is 10.5. The van der Waals surface area contributed by atoms with Crippen LogP contribution in [0.3, 0.4) is 0 Å². The smallest absolute Gasteiger partial charge is 0.269 e. The summed E-state index contributed by atoms with van der Waals surface area (Å²) in [6.45, 7) is 0.488. The van der Waals surface area contributed by atoms with E-state index in [0.717, 1.165) is 5.56 Å². The minimum absolute atomic E-state index is 0.0853. The van der Waals surface area contributed by atoms with Gasteiger partial charge < -0.3 is 5.11 Å². The van der Waals surface area contributed by atoms with E-state index in [1.54, 1.807) is 23.0 Å². The maximum Gasteiger partial charge on any atom is 0.269 e. The second-order valence-electron chi connectivity index (χ2n) is 3.80. The third kappa shape index (κ3) is 2.89. The Labute approximate surface area is 103 Å². The van der Waals surface area contributed by atoms with Crippen molar-refractivity contribution in [2.75, 3.05) is 0 Å². The fraction of sp³-hybridized carbons (Fsp3) is 0.273. The number of aryl methyl sites for hydroxylation is 2. The molecule has 0 aliphatic carbocycles. The molecule has 0 radical (unpaired) electrons. The summed E-state index contributed by atoms with van der Waals surface area (Å²) in [5, 5.41) is 26.9. The van der Waals surface area contributed by atoms with E-state index in [4.69, 9.17) is 5.11 Å². The van der Waals surface area contributed by atoms with Crippen LogP contribution in [0.1, 0.15) is 11.3 Å². The molecule has 0 amide bonds. The minimum Gasteiger partial charge on any atom is -0.390 e. The van der Waals surface area contributed by atoms with E-state index in [9.17, 15) is 10.1 Å². The number of nitro groups is 1. The molecule has 0 aliphatic heterocycles. The van der Waals surface area contributed by atoms with Crippen LogP contribution in [-0.4, -0.2) is 25.0 Å². The van der Waals surface area contributed by atoms with Crippen LogP contribution in [0.5, 0.6) is 0 Å². The van der Waals surface area contributed by atoms with E-state index in [1.807, 2.05) is 0 Å². The predicted octanol–water partition coefficient (Wildman–Crippen LogP) is 0.921. The van der Waals surface area contributed by atoms with Crippen LogP contribution in [-0.2, 0) is 19.6 Å². The first-order valence-electron chi connectivity index (χ1n) is 5.42. The predicted molar refractivity (Wildman–Crippen MR) is 62.7 cm³/mol. The van der Waals surface area contributed by atoms with E-state index in [-0.39, 0.29) is 12.3 Å². The molecule has 0 saturated carbocycles. The number of aliphatic hydroxyl groups excluding tert-OH is 1. The van der Waals surface area contributed by atoms with E-state index >= 15 is 0 Å². The number of nitro benzene ring substituents is 1. The van der Waals surface area contributed by atoms with Crippen molar-refractivity contribution in [2.24, 2.45) is 0 Å². The third-order valence-corrected chi connectivity index (χ3v) is 2.52. The number of benzene rings is 1. The Balaban J connectivity index is 1.95. The topological polar surface area (TPSA) is 94.1 Å². The molecule has 0 fully saturated rings. The quantitative estimate of drug-likeness (QED) is 0.627. The molecule has 1 N–H and O–H groups in total. The van der Waals surface area contributed by atoms with Gasteiger partial charge in [-0.05, 0) is 12.0 Å². The number of aliphatic hydroxyl groups is 1. The zero-order valence-electron chi connectivity index (χ0n) is 9.56. The summed E-state index contributed by atoms with van der Waals surface area (Å²) in [6.07, 6.45) is 2.37. The Morgan fingerprint density at radius 1 is 1.33 bits per heavy atom. The fourth-order valence-electron chi connectivity index (χ4n) is 1.55. The number of non-ortho nitro benzene ring substituents is 1. The van der Waals surface area contributed by atoms with E-state index in [0.29, 0.717) is 18.7 Å². The van der Waals surface area contributed by atoms with E-state index in [1.165, 1.54) is 12.1 Å². The molecule has 1 aromatic heterocycles. The highest BCUT2D eigenvalue weighted by Gasteiger charge is 2.04. The SMILES string of the molecule is O=[N+]([O-])c1ccc(CCn2cc(CO)nn2)cc1. The van der Waals surface area contributed by atoms with Gasteiger partial charge in [-0.15, -0.1) is 5.10 Å². The van der Waals surface area contributed by atoms with Crippen LogP contribution in [0.15, 0.2) is 30.5 Å². The second kappa shape index (κ2) is 5.37. The first kappa shape index (κ1) is 12.2. The third-order valence-electron chi connectivity index (χ3n) is 2.52. The lowest BCUT2D eigenvalue weighted by molar-refractivity contribution is -0.384. The average molecular weight is 248 g/mol. The van der Waals surface area contributed by atoms with Gasteiger partial charge in [0.25, 0.3) is 5.69 Å². The molecule has 7 nitrogen and oxygen atoms in total. The van der Waals surface area contributed by atoms with Crippen molar-refractivity contribution >= 4 is 5.69 Å². The maximum atomic E-state index is 10.5. The zero-order valence-corrected chi connectivity index (χ0v) is 9.56. The summed E-state index contributed by atoms with van der Waals surface area (Å²) in [4.78, 5) is 10.1.